The van der Waals surface area contributed by atoms with Crippen molar-refractivity contribution in [3.63, 3.8) is 0 Å². The van der Waals surface area contributed by atoms with E-state index in [-0.39, 0.29) is 11.0 Å². The molecule has 3 aliphatic rings. The molecule has 2 nitrogen and oxygen atoms in total. The van der Waals surface area contributed by atoms with Gasteiger partial charge >= 0.3 is 0 Å². The Morgan fingerprint density at radius 3 is 2.74 bits per heavy atom. The van der Waals surface area contributed by atoms with Crippen molar-refractivity contribution in [2.75, 3.05) is 7.11 Å². The SMILES string of the molecule is COC1(C)CC(C[C@@H](C)[C@H]2CCC3C(=O)CCC[C@@]32C)C=C1C. The highest BCUT2D eigenvalue weighted by atomic mass is 16.5. The number of carbonyl (C=O) groups excluding carboxylic acids is 1. The van der Waals surface area contributed by atoms with E-state index in [4.69, 9.17) is 4.74 Å². The predicted octanol–water partition coefficient (Wildman–Crippen LogP) is 5.17. The van der Waals surface area contributed by atoms with Gasteiger partial charge in [-0.05, 0) is 81.1 Å². The number of hydrogen-bond acceptors (Lipinski definition) is 2. The summed E-state index contributed by atoms with van der Waals surface area (Å²) in [6.45, 7) is 9.28. The molecule has 0 aromatic heterocycles. The Balaban J connectivity index is 1.68. The van der Waals surface area contributed by atoms with Crippen molar-refractivity contribution in [3.05, 3.63) is 11.6 Å². The number of ketones is 1. The molecule has 0 N–H and O–H groups in total. The van der Waals surface area contributed by atoms with Crippen LogP contribution in [0.4, 0.5) is 0 Å². The molecular weight excluding hydrogens is 284 g/mol. The van der Waals surface area contributed by atoms with Crippen LogP contribution in [0.5, 0.6) is 0 Å². The molecule has 2 heteroatoms. The van der Waals surface area contributed by atoms with E-state index in [1.165, 1.54) is 24.8 Å². The van der Waals surface area contributed by atoms with Gasteiger partial charge in [-0.15, -0.1) is 0 Å². The van der Waals surface area contributed by atoms with E-state index >= 15 is 0 Å². The lowest BCUT2D eigenvalue weighted by molar-refractivity contribution is -0.130. The second kappa shape index (κ2) is 6.02. The van der Waals surface area contributed by atoms with Gasteiger partial charge in [0.05, 0.1) is 5.60 Å². The van der Waals surface area contributed by atoms with Crippen LogP contribution in [-0.4, -0.2) is 18.5 Å². The lowest BCUT2D eigenvalue weighted by atomic mass is 9.61. The van der Waals surface area contributed by atoms with E-state index in [1.807, 2.05) is 7.11 Å². The lowest BCUT2D eigenvalue weighted by Crippen LogP contribution is -2.39. The number of carbonyl (C=O) groups is 1. The van der Waals surface area contributed by atoms with Gasteiger partial charge in [0, 0.05) is 19.4 Å². The van der Waals surface area contributed by atoms with Crippen LogP contribution in [0.1, 0.15) is 72.6 Å². The van der Waals surface area contributed by atoms with Gasteiger partial charge in [0.25, 0.3) is 0 Å². The molecule has 0 amide bonds. The third kappa shape index (κ3) is 2.81. The molecule has 23 heavy (non-hydrogen) atoms. The molecule has 6 atom stereocenters. The zero-order chi connectivity index (χ0) is 16.8. The number of Topliss-reactive ketones (excluding diaryl/α,β-unsaturated/α-hetero) is 1. The van der Waals surface area contributed by atoms with Crippen LogP contribution < -0.4 is 0 Å². The molecule has 0 aromatic carbocycles. The fourth-order valence-corrected chi connectivity index (χ4v) is 6.19. The second-order valence-corrected chi connectivity index (χ2v) is 9.02. The molecule has 2 fully saturated rings. The summed E-state index contributed by atoms with van der Waals surface area (Å²) in [6, 6.07) is 0. The van der Waals surface area contributed by atoms with Gasteiger partial charge in [0.15, 0.2) is 0 Å². The molecular formula is C21H34O2. The van der Waals surface area contributed by atoms with Crippen LogP contribution in [0.15, 0.2) is 11.6 Å². The monoisotopic (exact) mass is 318 g/mol. The molecule has 0 heterocycles. The lowest BCUT2D eigenvalue weighted by Gasteiger charge is -2.42. The Hall–Kier alpha value is -0.630. The maximum Gasteiger partial charge on any atom is 0.136 e. The maximum atomic E-state index is 12.3. The third-order valence-electron chi connectivity index (χ3n) is 7.72. The van der Waals surface area contributed by atoms with E-state index < -0.39 is 0 Å². The number of rotatable bonds is 4. The highest BCUT2D eigenvalue weighted by Gasteiger charge is 2.52. The molecule has 130 valence electrons. The number of ether oxygens (including phenoxy) is 1. The van der Waals surface area contributed by atoms with E-state index in [9.17, 15) is 4.79 Å². The molecule has 0 spiro atoms. The van der Waals surface area contributed by atoms with E-state index in [0.717, 1.165) is 31.6 Å². The van der Waals surface area contributed by atoms with Crippen LogP contribution in [-0.2, 0) is 9.53 Å². The summed E-state index contributed by atoms with van der Waals surface area (Å²) in [5, 5.41) is 0. The highest BCUT2D eigenvalue weighted by molar-refractivity contribution is 5.83. The second-order valence-electron chi connectivity index (χ2n) is 9.02. The van der Waals surface area contributed by atoms with Gasteiger partial charge in [-0.2, -0.15) is 0 Å². The zero-order valence-electron chi connectivity index (χ0n) is 15.7. The predicted molar refractivity (Wildman–Crippen MR) is 94.2 cm³/mol. The molecule has 0 aliphatic heterocycles. The molecule has 3 unspecified atom stereocenters. The minimum atomic E-state index is -0.0622. The van der Waals surface area contributed by atoms with Crippen molar-refractivity contribution in [2.24, 2.45) is 29.1 Å². The Labute approximate surface area is 142 Å². The Kier molecular flexibility index (Phi) is 4.50. The largest absolute Gasteiger partial charge is 0.374 e. The van der Waals surface area contributed by atoms with Crippen molar-refractivity contribution in [3.8, 4) is 0 Å². The first kappa shape index (κ1) is 17.2. The van der Waals surface area contributed by atoms with Crippen molar-refractivity contribution in [1.82, 2.24) is 0 Å². The van der Waals surface area contributed by atoms with Gasteiger partial charge in [-0.25, -0.2) is 0 Å². The molecule has 3 rings (SSSR count). The van der Waals surface area contributed by atoms with E-state index in [2.05, 4.69) is 33.8 Å². The third-order valence-corrected chi connectivity index (χ3v) is 7.72. The van der Waals surface area contributed by atoms with Crippen LogP contribution in [0.25, 0.3) is 0 Å². The Morgan fingerprint density at radius 1 is 1.35 bits per heavy atom. The fourth-order valence-electron chi connectivity index (χ4n) is 6.19. The summed E-state index contributed by atoms with van der Waals surface area (Å²) >= 11 is 0. The quantitative estimate of drug-likeness (QED) is 0.668. The summed E-state index contributed by atoms with van der Waals surface area (Å²) in [4.78, 5) is 12.3. The standard InChI is InChI=1S/C21H34O2/c1-14(11-16-12-15(2)21(4,13-16)23-5)17-8-9-18-19(22)7-6-10-20(17,18)3/h12,14,16-18H,6-11,13H2,1-5H3/t14-,16?,17-,18?,20-,21?/m1/s1. The first-order chi connectivity index (χ1) is 10.8. The van der Waals surface area contributed by atoms with Crippen LogP contribution >= 0.6 is 0 Å². The van der Waals surface area contributed by atoms with Gasteiger partial charge in [-0.3, -0.25) is 4.79 Å². The van der Waals surface area contributed by atoms with E-state index in [1.54, 1.807) is 0 Å². The number of allylic oxidation sites excluding steroid dienone is 1. The van der Waals surface area contributed by atoms with Crippen molar-refractivity contribution < 1.29 is 9.53 Å². The summed E-state index contributed by atoms with van der Waals surface area (Å²) < 4.78 is 5.76. The minimum absolute atomic E-state index is 0.0622. The average Bonchev–Trinajstić information content (AvgIpc) is 2.98. The van der Waals surface area contributed by atoms with Crippen molar-refractivity contribution >= 4 is 5.78 Å². The summed E-state index contributed by atoms with van der Waals surface area (Å²) in [5.41, 5.74) is 1.60. The molecule has 0 radical (unpaired) electrons. The highest BCUT2D eigenvalue weighted by Crippen LogP contribution is 2.57. The molecule has 3 aliphatic carbocycles. The number of hydrogen-bond donors (Lipinski definition) is 0. The van der Waals surface area contributed by atoms with Crippen molar-refractivity contribution in [1.29, 1.82) is 0 Å². The molecule has 2 saturated carbocycles. The summed E-state index contributed by atoms with van der Waals surface area (Å²) in [7, 11) is 1.83. The van der Waals surface area contributed by atoms with Gasteiger partial charge in [0.1, 0.15) is 5.78 Å². The first-order valence-corrected chi connectivity index (χ1v) is 9.57. The molecule has 0 saturated heterocycles. The van der Waals surface area contributed by atoms with Crippen LogP contribution in [0.3, 0.4) is 0 Å². The van der Waals surface area contributed by atoms with Gasteiger partial charge in [0.2, 0.25) is 0 Å². The van der Waals surface area contributed by atoms with Gasteiger partial charge < -0.3 is 4.74 Å². The Morgan fingerprint density at radius 2 is 2.09 bits per heavy atom. The average molecular weight is 319 g/mol. The maximum absolute atomic E-state index is 12.3. The van der Waals surface area contributed by atoms with Crippen molar-refractivity contribution in [2.45, 2.75) is 78.2 Å². The van der Waals surface area contributed by atoms with E-state index in [0.29, 0.717) is 23.5 Å². The topological polar surface area (TPSA) is 26.3 Å². The normalized spacial score (nSPS) is 45.0. The Bertz CT molecular complexity index is 508. The first-order valence-electron chi connectivity index (χ1n) is 9.57. The zero-order valence-corrected chi connectivity index (χ0v) is 15.7. The van der Waals surface area contributed by atoms with Crippen LogP contribution in [0.2, 0.25) is 0 Å². The van der Waals surface area contributed by atoms with Crippen LogP contribution in [0, 0.1) is 29.1 Å². The minimum Gasteiger partial charge on any atom is -0.374 e. The fraction of sp³-hybridized carbons (Fsp3) is 0.857. The molecule has 0 aromatic rings. The van der Waals surface area contributed by atoms with Gasteiger partial charge in [-0.1, -0.05) is 19.9 Å². The number of fused-ring (bicyclic) bond motifs is 1. The summed E-state index contributed by atoms with van der Waals surface area (Å²) in [6.07, 6.45) is 10.4. The summed E-state index contributed by atoms with van der Waals surface area (Å²) in [5.74, 6) is 2.96. The molecule has 0 bridgehead atoms. The number of methoxy groups -OCH3 is 1. The smallest absolute Gasteiger partial charge is 0.136 e.